The molecule has 0 aromatic heterocycles. The van der Waals surface area contributed by atoms with Gasteiger partial charge in [0.1, 0.15) is 11.6 Å². The molecule has 0 saturated carbocycles. The summed E-state index contributed by atoms with van der Waals surface area (Å²) in [5.41, 5.74) is -0.806. The summed E-state index contributed by atoms with van der Waals surface area (Å²) >= 11 is 0. The molecule has 1 aromatic rings. The Morgan fingerprint density at radius 3 is 2.29 bits per heavy atom. The molecule has 0 aliphatic carbocycles. The van der Waals surface area contributed by atoms with Crippen LogP contribution in [0.2, 0.25) is 0 Å². The van der Waals surface area contributed by atoms with Crippen molar-refractivity contribution in [1.82, 2.24) is 5.32 Å². The summed E-state index contributed by atoms with van der Waals surface area (Å²) in [6.45, 7) is 3.43. The Balaban J connectivity index is 2.95. The van der Waals surface area contributed by atoms with E-state index in [2.05, 4.69) is 11.2 Å². The molecule has 0 saturated heterocycles. The zero-order chi connectivity index (χ0) is 13.1. The first kappa shape index (κ1) is 13.2. The maximum Gasteiger partial charge on any atom is 0.131 e. The van der Waals surface area contributed by atoms with Crippen LogP contribution < -0.4 is 5.32 Å². The second kappa shape index (κ2) is 4.95. The van der Waals surface area contributed by atoms with Crippen molar-refractivity contribution < 1.29 is 8.78 Å². The van der Waals surface area contributed by atoms with Crippen LogP contribution in [0.25, 0.3) is 0 Å². The number of rotatable bonds is 3. The van der Waals surface area contributed by atoms with Crippen molar-refractivity contribution in [3.05, 3.63) is 34.9 Å². The summed E-state index contributed by atoms with van der Waals surface area (Å²) in [5, 5.41) is 11.4. The molecular formula is C13H12F2N2. The summed E-state index contributed by atoms with van der Waals surface area (Å²) in [7, 11) is 0. The van der Waals surface area contributed by atoms with Gasteiger partial charge in [0, 0.05) is 12.1 Å². The molecule has 88 valence electrons. The van der Waals surface area contributed by atoms with E-state index in [1.54, 1.807) is 19.9 Å². The fourth-order valence-electron chi connectivity index (χ4n) is 1.20. The van der Waals surface area contributed by atoms with Crippen LogP contribution in [0.4, 0.5) is 8.78 Å². The molecule has 0 amide bonds. The van der Waals surface area contributed by atoms with E-state index in [-0.39, 0.29) is 17.7 Å². The fraction of sp³-hybridized carbons (Fsp3) is 0.308. The Hall–Kier alpha value is -1.91. The number of hydrogen-bond donors (Lipinski definition) is 1. The predicted octanol–water partition coefficient (Wildman–Crippen LogP) is 2.34. The molecule has 17 heavy (non-hydrogen) atoms. The van der Waals surface area contributed by atoms with Crippen LogP contribution in [0.15, 0.2) is 12.1 Å². The molecule has 1 N–H and O–H groups in total. The van der Waals surface area contributed by atoms with Gasteiger partial charge < -0.3 is 0 Å². The largest absolute Gasteiger partial charge is 0.297 e. The van der Waals surface area contributed by atoms with Gasteiger partial charge in [-0.25, -0.2) is 8.78 Å². The van der Waals surface area contributed by atoms with Crippen LogP contribution in [0.1, 0.15) is 25.0 Å². The topological polar surface area (TPSA) is 35.8 Å². The molecule has 0 heterocycles. The van der Waals surface area contributed by atoms with Crippen molar-refractivity contribution in [2.24, 2.45) is 0 Å². The maximum absolute atomic E-state index is 13.5. The van der Waals surface area contributed by atoms with Gasteiger partial charge in [-0.2, -0.15) is 5.26 Å². The number of nitriles is 1. The Bertz CT molecular complexity index is 484. The molecule has 4 heteroatoms. The predicted molar refractivity (Wildman–Crippen MR) is 60.8 cm³/mol. The second-order valence-corrected chi connectivity index (χ2v) is 4.15. The first-order valence-corrected chi connectivity index (χ1v) is 5.00. The number of halogens is 2. The third kappa shape index (κ3) is 3.27. The lowest BCUT2D eigenvalue weighted by atomic mass is 10.1. The minimum atomic E-state index is -0.748. The number of hydrogen-bond acceptors (Lipinski definition) is 2. The third-order valence-corrected chi connectivity index (χ3v) is 2.34. The highest BCUT2D eigenvalue weighted by Gasteiger charge is 2.16. The van der Waals surface area contributed by atoms with E-state index in [9.17, 15) is 8.78 Å². The first-order valence-electron chi connectivity index (χ1n) is 5.00. The smallest absolute Gasteiger partial charge is 0.131 e. The van der Waals surface area contributed by atoms with E-state index in [4.69, 9.17) is 11.7 Å². The van der Waals surface area contributed by atoms with Crippen LogP contribution >= 0.6 is 0 Å². The lowest BCUT2D eigenvalue weighted by Gasteiger charge is -2.20. The van der Waals surface area contributed by atoms with Crippen LogP contribution in [0, 0.1) is 35.3 Å². The number of nitrogens with zero attached hydrogens (tertiary/aromatic N) is 1. The van der Waals surface area contributed by atoms with Gasteiger partial charge in [0.25, 0.3) is 0 Å². The molecule has 0 aliphatic rings. The highest BCUT2D eigenvalue weighted by atomic mass is 19.1. The van der Waals surface area contributed by atoms with Crippen LogP contribution in [0.3, 0.4) is 0 Å². The molecule has 1 aromatic carbocycles. The van der Waals surface area contributed by atoms with Crippen molar-refractivity contribution in [3.8, 4) is 18.4 Å². The minimum Gasteiger partial charge on any atom is -0.297 e. The molecule has 0 aliphatic heterocycles. The van der Waals surface area contributed by atoms with Crippen LogP contribution in [0.5, 0.6) is 0 Å². The Morgan fingerprint density at radius 2 is 1.88 bits per heavy atom. The van der Waals surface area contributed by atoms with E-state index in [0.29, 0.717) is 0 Å². The van der Waals surface area contributed by atoms with E-state index < -0.39 is 17.2 Å². The average Bonchev–Trinajstić information content (AvgIpc) is 2.27. The summed E-state index contributed by atoms with van der Waals surface area (Å²) < 4.78 is 27.0. The van der Waals surface area contributed by atoms with Crippen molar-refractivity contribution in [2.75, 3.05) is 0 Å². The normalized spacial score (nSPS) is 10.7. The molecule has 1 rings (SSSR count). The Kier molecular flexibility index (Phi) is 3.83. The second-order valence-electron chi connectivity index (χ2n) is 4.15. The quantitative estimate of drug-likeness (QED) is 0.815. The summed E-state index contributed by atoms with van der Waals surface area (Å²) in [4.78, 5) is 0. The number of terminal acetylenes is 1. The molecule has 0 radical (unpaired) electrons. The Morgan fingerprint density at radius 1 is 1.35 bits per heavy atom. The van der Waals surface area contributed by atoms with Crippen molar-refractivity contribution in [3.63, 3.8) is 0 Å². The zero-order valence-corrected chi connectivity index (χ0v) is 9.64. The SMILES string of the molecule is C#CC(C)(C)NCc1c(F)cc(C#N)cc1F. The van der Waals surface area contributed by atoms with E-state index in [1.807, 2.05) is 0 Å². The van der Waals surface area contributed by atoms with Crippen LogP contribution in [-0.2, 0) is 6.54 Å². The molecule has 0 spiro atoms. The molecule has 0 unspecified atom stereocenters. The van der Waals surface area contributed by atoms with Gasteiger partial charge in [0.15, 0.2) is 0 Å². The van der Waals surface area contributed by atoms with E-state index in [1.165, 1.54) is 0 Å². The summed E-state index contributed by atoms with van der Waals surface area (Å²) in [6.07, 6.45) is 5.25. The zero-order valence-electron chi connectivity index (χ0n) is 9.64. The highest BCUT2D eigenvalue weighted by molar-refractivity contribution is 5.34. The minimum absolute atomic E-state index is 0.0272. The monoisotopic (exact) mass is 234 g/mol. The summed E-state index contributed by atoms with van der Waals surface area (Å²) in [6, 6.07) is 3.69. The van der Waals surface area contributed by atoms with Crippen LogP contribution in [-0.4, -0.2) is 5.54 Å². The van der Waals surface area contributed by atoms with Crippen molar-refractivity contribution >= 4 is 0 Å². The summed E-state index contributed by atoms with van der Waals surface area (Å²) in [5.74, 6) is 0.968. The van der Waals surface area contributed by atoms with Crippen molar-refractivity contribution in [1.29, 1.82) is 5.26 Å². The molecule has 2 nitrogen and oxygen atoms in total. The lowest BCUT2D eigenvalue weighted by molar-refractivity contribution is 0.463. The van der Waals surface area contributed by atoms with Gasteiger partial charge in [0.05, 0.1) is 17.2 Å². The fourth-order valence-corrected chi connectivity index (χ4v) is 1.20. The molecule has 0 bridgehead atoms. The molecule has 0 atom stereocenters. The lowest BCUT2D eigenvalue weighted by Crippen LogP contribution is -2.37. The first-order chi connectivity index (χ1) is 7.89. The van der Waals surface area contributed by atoms with E-state index in [0.717, 1.165) is 12.1 Å². The van der Waals surface area contributed by atoms with Gasteiger partial charge in [-0.1, -0.05) is 5.92 Å². The highest BCUT2D eigenvalue weighted by Crippen LogP contribution is 2.16. The third-order valence-electron chi connectivity index (χ3n) is 2.34. The average molecular weight is 234 g/mol. The van der Waals surface area contributed by atoms with Gasteiger partial charge in [-0.15, -0.1) is 6.42 Å². The van der Waals surface area contributed by atoms with Gasteiger partial charge in [-0.3, -0.25) is 5.32 Å². The molecule has 0 fully saturated rings. The standard InChI is InChI=1S/C13H12F2N2/c1-4-13(2,3)17-8-10-11(14)5-9(7-16)6-12(10)15/h1,5-6,17H,8H2,2-3H3. The number of nitrogens with one attached hydrogen (secondary N) is 1. The maximum atomic E-state index is 13.5. The van der Waals surface area contributed by atoms with Gasteiger partial charge in [-0.05, 0) is 26.0 Å². The van der Waals surface area contributed by atoms with Crippen molar-refractivity contribution in [2.45, 2.75) is 25.9 Å². The number of benzene rings is 1. The van der Waals surface area contributed by atoms with E-state index >= 15 is 0 Å². The van der Waals surface area contributed by atoms with Gasteiger partial charge in [0.2, 0.25) is 0 Å². The Labute approximate surface area is 99.3 Å². The van der Waals surface area contributed by atoms with Gasteiger partial charge >= 0.3 is 0 Å². The molecular weight excluding hydrogens is 222 g/mol.